The second kappa shape index (κ2) is 6.34. The van der Waals surface area contributed by atoms with Gasteiger partial charge in [0.25, 0.3) is 0 Å². The summed E-state index contributed by atoms with van der Waals surface area (Å²) >= 11 is 0. The lowest BCUT2D eigenvalue weighted by atomic mass is 9.93. The molecule has 0 aromatic carbocycles. The highest BCUT2D eigenvalue weighted by Gasteiger charge is 2.44. The van der Waals surface area contributed by atoms with Crippen molar-refractivity contribution in [1.29, 1.82) is 0 Å². The average Bonchev–Trinajstić information content (AvgIpc) is 2.95. The van der Waals surface area contributed by atoms with E-state index in [1.54, 1.807) is 0 Å². The molecule has 23 heavy (non-hydrogen) atoms. The molecule has 10 heteroatoms. The number of hydrogen-bond donors (Lipinski definition) is 2. The van der Waals surface area contributed by atoms with Gasteiger partial charge in [0, 0.05) is 19.6 Å². The quantitative estimate of drug-likeness (QED) is 0.744. The molecule has 2 saturated heterocycles. The van der Waals surface area contributed by atoms with Crippen molar-refractivity contribution in [3.63, 3.8) is 0 Å². The lowest BCUT2D eigenvalue weighted by molar-refractivity contribution is -0.157. The second-order valence-corrected chi connectivity index (χ2v) is 5.93. The first kappa shape index (κ1) is 17.5. The zero-order valence-corrected chi connectivity index (χ0v) is 12.2. The van der Waals surface area contributed by atoms with Gasteiger partial charge in [-0.1, -0.05) is 0 Å². The third-order valence-electron chi connectivity index (χ3n) is 3.94. The van der Waals surface area contributed by atoms with Crippen molar-refractivity contribution in [3.8, 4) is 0 Å². The maximum atomic E-state index is 12.4. The first-order chi connectivity index (χ1) is 10.6. The summed E-state index contributed by atoms with van der Waals surface area (Å²) in [4.78, 5) is 35.3. The van der Waals surface area contributed by atoms with Crippen LogP contribution in [0.4, 0.5) is 13.2 Å². The van der Waals surface area contributed by atoms with Crippen LogP contribution in [0.2, 0.25) is 0 Å². The fraction of sp³-hybridized carbons (Fsp3) is 0.769. The van der Waals surface area contributed by atoms with E-state index < -0.39 is 42.0 Å². The summed E-state index contributed by atoms with van der Waals surface area (Å²) in [6, 6.07) is 0. The molecule has 0 saturated carbocycles. The first-order valence-corrected chi connectivity index (χ1v) is 7.06. The molecule has 2 amide bonds. The van der Waals surface area contributed by atoms with E-state index in [1.165, 1.54) is 0 Å². The molecule has 2 aliphatic rings. The summed E-state index contributed by atoms with van der Waals surface area (Å²) in [6.45, 7) is -1.40. The van der Waals surface area contributed by atoms with Gasteiger partial charge in [-0.2, -0.15) is 13.2 Å². The van der Waals surface area contributed by atoms with E-state index in [9.17, 15) is 27.6 Å². The van der Waals surface area contributed by atoms with Crippen molar-refractivity contribution >= 4 is 17.8 Å². The van der Waals surface area contributed by atoms with Gasteiger partial charge in [0.2, 0.25) is 11.8 Å². The predicted octanol–water partition coefficient (Wildman–Crippen LogP) is 0.147. The number of carboxylic acid groups (broad SMARTS) is 1. The molecule has 2 atom stereocenters. The van der Waals surface area contributed by atoms with Crippen LogP contribution in [-0.2, 0) is 19.1 Å². The Hall–Kier alpha value is -1.84. The molecule has 0 aliphatic carbocycles. The van der Waals surface area contributed by atoms with Crippen LogP contribution in [0.5, 0.6) is 0 Å². The van der Waals surface area contributed by atoms with Gasteiger partial charge < -0.3 is 20.1 Å². The molecule has 7 nitrogen and oxygen atoms in total. The molecule has 2 unspecified atom stereocenters. The van der Waals surface area contributed by atoms with Crippen LogP contribution < -0.4 is 5.32 Å². The van der Waals surface area contributed by atoms with E-state index in [2.05, 4.69) is 5.32 Å². The number of amides is 2. The molecule has 2 heterocycles. The van der Waals surface area contributed by atoms with Crippen LogP contribution in [0.15, 0.2) is 0 Å². The van der Waals surface area contributed by atoms with Gasteiger partial charge in [-0.25, -0.2) is 0 Å². The fourth-order valence-corrected chi connectivity index (χ4v) is 2.86. The Bertz CT molecular complexity index is 502. The Labute approximate surface area is 129 Å². The Morgan fingerprint density at radius 2 is 2.13 bits per heavy atom. The average molecular weight is 338 g/mol. The van der Waals surface area contributed by atoms with Crippen LogP contribution in [0.3, 0.4) is 0 Å². The summed E-state index contributed by atoms with van der Waals surface area (Å²) < 4.78 is 42.2. The van der Waals surface area contributed by atoms with Crippen LogP contribution in [-0.4, -0.2) is 65.8 Å². The van der Waals surface area contributed by atoms with Crippen LogP contribution in [0.1, 0.15) is 19.3 Å². The highest BCUT2D eigenvalue weighted by molar-refractivity contribution is 5.90. The minimum absolute atomic E-state index is 0.0258. The summed E-state index contributed by atoms with van der Waals surface area (Å²) in [7, 11) is 0. The number of carbonyl (C=O) groups excluding carboxylic acids is 2. The molecule has 0 spiro atoms. The number of nitrogens with one attached hydrogen (secondary N) is 1. The summed E-state index contributed by atoms with van der Waals surface area (Å²) in [5, 5.41) is 11.5. The molecule has 130 valence electrons. The number of carbonyl (C=O) groups is 3. The van der Waals surface area contributed by atoms with Crippen molar-refractivity contribution in [2.45, 2.75) is 31.0 Å². The van der Waals surface area contributed by atoms with E-state index in [0.29, 0.717) is 11.3 Å². The van der Waals surface area contributed by atoms with Crippen LogP contribution in [0.25, 0.3) is 0 Å². The molecule has 2 aliphatic heterocycles. The lowest BCUT2D eigenvalue weighted by Crippen LogP contribution is -2.52. The highest BCUT2D eigenvalue weighted by Crippen LogP contribution is 2.27. The Morgan fingerprint density at radius 3 is 2.65 bits per heavy atom. The van der Waals surface area contributed by atoms with E-state index in [4.69, 9.17) is 9.84 Å². The number of likely N-dealkylation sites (tertiary alicyclic amines) is 1. The zero-order chi connectivity index (χ0) is 17.3. The first-order valence-electron chi connectivity index (χ1n) is 7.06. The van der Waals surface area contributed by atoms with Gasteiger partial charge in [-0.15, -0.1) is 0 Å². The van der Waals surface area contributed by atoms with Crippen molar-refractivity contribution in [3.05, 3.63) is 0 Å². The molecule has 2 fully saturated rings. The zero-order valence-electron chi connectivity index (χ0n) is 12.2. The number of ether oxygens (including phenoxy) is 1. The number of carboxylic acids is 1. The maximum Gasteiger partial charge on any atom is 0.406 e. The number of halogens is 3. The third-order valence-corrected chi connectivity index (χ3v) is 3.94. The molecule has 0 radical (unpaired) electrons. The predicted molar refractivity (Wildman–Crippen MR) is 69.3 cm³/mol. The molecule has 2 N–H and O–H groups in total. The molecule has 0 aromatic heterocycles. The number of hydrogen-bond acceptors (Lipinski definition) is 4. The van der Waals surface area contributed by atoms with Gasteiger partial charge in [0.15, 0.2) is 0 Å². The summed E-state index contributed by atoms with van der Waals surface area (Å²) in [5.41, 5.74) is -1.07. The standard InChI is InChI=1S/C13H17F3N2O5/c14-13(15,16)6-18-5-8(3-9(18)19)11(22)17-12(4-10(20)21)1-2-23-7-12/h8H,1-7H2,(H,17,22)(H,20,21). The molecular formula is C13H17F3N2O5. The maximum absolute atomic E-state index is 12.4. The molecular weight excluding hydrogens is 321 g/mol. The minimum Gasteiger partial charge on any atom is -0.481 e. The molecule has 2 rings (SSSR count). The normalized spacial score (nSPS) is 28.2. The topological polar surface area (TPSA) is 95.9 Å². The summed E-state index contributed by atoms with van der Waals surface area (Å²) in [6.07, 6.45) is -4.87. The number of alkyl halides is 3. The van der Waals surface area contributed by atoms with Crippen molar-refractivity contribution in [1.82, 2.24) is 10.2 Å². The highest BCUT2D eigenvalue weighted by atomic mass is 19.4. The minimum atomic E-state index is -4.52. The Balaban J connectivity index is 1.98. The fourth-order valence-electron chi connectivity index (χ4n) is 2.86. The Morgan fingerprint density at radius 1 is 1.43 bits per heavy atom. The van der Waals surface area contributed by atoms with Gasteiger partial charge in [-0.05, 0) is 6.42 Å². The number of nitrogens with zero attached hydrogens (tertiary/aromatic N) is 1. The smallest absolute Gasteiger partial charge is 0.406 e. The SMILES string of the molecule is O=C(O)CC1(NC(=O)C2CC(=O)N(CC(F)(F)F)C2)CCOC1. The van der Waals surface area contributed by atoms with Crippen molar-refractivity contribution in [2.24, 2.45) is 5.92 Å². The summed E-state index contributed by atoms with van der Waals surface area (Å²) in [5.74, 6) is -3.39. The van der Waals surface area contributed by atoms with Crippen LogP contribution in [0, 0.1) is 5.92 Å². The lowest BCUT2D eigenvalue weighted by Gasteiger charge is -2.28. The van der Waals surface area contributed by atoms with E-state index in [-0.39, 0.29) is 32.6 Å². The van der Waals surface area contributed by atoms with Gasteiger partial charge in [0.1, 0.15) is 6.54 Å². The Kier molecular flexibility index (Phi) is 4.83. The monoisotopic (exact) mass is 338 g/mol. The molecule has 0 aromatic rings. The van der Waals surface area contributed by atoms with E-state index in [0.717, 1.165) is 0 Å². The number of rotatable bonds is 5. The molecule has 0 bridgehead atoms. The van der Waals surface area contributed by atoms with E-state index >= 15 is 0 Å². The third kappa shape index (κ3) is 4.57. The van der Waals surface area contributed by atoms with Crippen LogP contribution >= 0.6 is 0 Å². The number of aliphatic carboxylic acids is 1. The van der Waals surface area contributed by atoms with Gasteiger partial charge in [-0.3, -0.25) is 14.4 Å². The van der Waals surface area contributed by atoms with Crippen molar-refractivity contribution in [2.75, 3.05) is 26.3 Å². The second-order valence-electron chi connectivity index (χ2n) is 5.93. The van der Waals surface area contributed by atoms with Gasteiger partial charge >= 0.3 is 12.1 Å². The van der Waals surface area contributed by atoms with E-state index in [1.807, 2.05) is 0 Å². The van der Waals surface area contributed by atoms with Gasteiger partial charge in [0.05, 0.1) is 24.5 Å². The largest absolute Gasteiger partial charge is 0.481 e. The van der Waals surface area contributed by atoms with Crippen molar-refractivity contribution < 1.29 is 37.4 Å².